The first kappa shape index (κ1) is 17.8. The molecule has 0 spiro atoms. The Labute approximate surface area is 140 Å². The van der Waals surface area contributed by atoms with Crippen molar-refractivity contribution in [3.05, 3.63) is 0 Å². The first-order valence-corrected chi connectivity index (χ1v) is 9.90. The summed E-state index contributed by atoms with van der Waals surface area (Å²) in [5.41, 5.74) is 0. The topological polar surface area (TPSA) is 0 Å². The van der Waals surface area contributed by atoms with Gasteiger partial charge in [-0.1, -0.05) is 13.3 Å². The molecule has 0 saturated heterocycles. The Morgan fingerprint density at radius 3 is 0.889 bits per heavy atom. The van der Waals surface area contributed by atoms with E-state index in [1.54, 1.807) is 0 Å². The van der Waals surface area contributed by atoms with Crippen molar-refractivity contribution in [2.45, 2.75) is 13.3 Å². The van der Waals surface area contributed by atoms with Crippen LogP contribution in [-0.2, 0) is 0 Å². The Bertz CT molecular complexity index is 161. The molecule has 0 heterocycles. The molecule has 0 aromatic carbocycles. The monoisotopic (exact) mass is 342 g/mol. The van der Waals surface area contributed by atoms with Crippen LogP contribution in [0.5, 0.6) is 0 Å². The highest BCUT2D eigenvalue weighted by atomic mass is 32.1. The molecule has 0 bridgehead atoms. The summed E-state index contributed by atoms with van der Waals surface area (Å²) in [7, 11) is 0. The number of hydrogen-bond donors (Lipinski definition) is 5. The molecular formula is C13H26S5. The Hall–Kier alpha value is 1.75. The SMILES string of the molecule is CCC1C(CS)C(CS)C(CS)C(CS)[C@@H]1CS. The Balaban J connectivity index is 3.06. The minimum absolute atomic E-state index is 0.612. The number of thiol groups is 5. The van der Waals surface area contributed by atoms with Crippen LogP contribution < -0.4 is 0 Å². The van der Waals surface area contributed by atoms with E-state index in [1.807, 2.05) is 0 Å². The maximum absolute atomic E-state index is 4.60. The lowest BCUT2D eigenvalue weighted by atomic mass is 9.58. The first-order valence-electron chi connectivity index (χ1n) is 6.74. The molecule has 0 radical (unpaired) electrons. The van der Waals surface area contributed by atoms with E-state index in [0.29, 0.717) is 35.5 Å². The van der Waals surface area contributed by atoms with Crippen LogP contribution in [0.2, 0.25) is 0 Å². The lowest BCUT2D eigenvalue weighted by molar-refractivity contribution is 0.0314. The highest BCUT2D eigenvalue weighted by Gasteiger charge is 2.46. The molecule has 1 saturated carbocycles. The molecule has 0 nitrogen and oxygen atoms in total. The molecular weight excluding hydrogens is 316 g/mol. The summed E-state index contributed by atoms with van der Waals surface area (Å²) in [6.07, 6.45) is 1.21. The van der Waals surface area contributed by atoms with Gasteiger partial charge in [0.25, 0.3) is 0 Å². The van der Waals surface area contributed by atoms with Gasteiger partial charge in [0.1, 0.15) is 0 Å². The van der Waals surface area contributed by atoms with Gasteiger partial charge in [0.2, 0.25) is 0 Å². The van der Waals surface area contributed by atoms with Gasteiger partial charge in [-0.05, 0) is 64.3 Å². The zero-order valence-electron chi connectivity index (χ0n) is 10.9. The quantitative estimate of drug-likeness (QED) is 0.446. The third kappa shape index (κ3) is 3.49. The molecule has 0 aromatic heterocycles. The van der Waals surface area contributed by atoms with Gasteiger partial charge in [0.05, 0.1) is 0 Å². The summed E-state index contributed by atoms with van der Waals surface area (Å²) >= 11 is 23.0. The van der Waals surface area contributed by atoms with Gasteiger partial charge in [0, 0.05) is 0 Å². The van der Waals surface area contributed by atoms with Crippen LogP contribution in [0.1, 0.15) is 13.3 Å². The van der Waals surface area contributed by atoms with Crippen molar-refractivity contribution < 1.29 is 0 Å². The highest BCUT2D eigenvalue weighted by molar-refractivity contribution is 7.81. The van der Waals surface area contributed by atoms with Crippen LogP contribution in [0.25, 0.3) is 0 Å². The van der Waals surface area contributed by atoms with Gasteiger partial charge in [-0.2, -0.15) is 63.1 Å². The van der Waals surface area contributed by atoms with E-state index in [4.69, 9.17) is 0 Å². The van der Waals surface area contributed by atoms with E-state index in [9.17, 15) is 0 Å². The first-order chi connectivity index (χ1) is 8.69. The van der Waals surface area contributed by atoms with E-state index in [-0.39, 0.29) is 0 Å². The standard InChI is InChI=1S/C13H26S5/c1-2-8-9(3-14)11(5-16)13(7-18)12(6-17)10(8)4-15/h8-18H,2-7H2,1H3/t8?,9-,10?,11?,12?,13?/m1/s1. The van der Waals surface area contributed by atoms with Gasteiger partial charge in [-0.3, -0.25) is 0 Å². The molecule has 1 fully saturated rings. The van der Waals surface area contributed by atoms with Gasteiger partial charge < -0.3 is 0 Å². The normalized spacial score (nSPS) is 41.0. The second-order valence-electron chi connectivity index (χ2n) is 5.30. The molecule has 1 rings (SSSR count). The fourth-order valence-corrected chi connectivity index (χ4v) is 6.57. The molecule has 0 N–H and O–H groups in total. The maximum Gasteiger partial charge on any atom is -0.00634 e. The minimum atomic E-state index is 0.612. The highest BCUT2D eigenvalue weighted by Crippen LogP contribution is 2.49. The summed E-state index contributed by atoms with van der Waals surface area (Å²) in [6, 6.07) is 0. The van der Waals surface area contributed by atoms with Gasteiger partial charge in [0.15, 0.2) is 0 Å². The third-order valence-electron chi connectivity index (χ3n) is 4.83. The second-order valence-corrected chi connectivity index (χ2v) is 7.13. The molecule has 5 heteroatoms. The molecule has 0 aliphatic heterocycles. The summed E-state index contributed by atoms with van der Waals surface area (Å²) in [5, 5.41) is 0. The largest absolute Gasteiger partial charge is 0.179 e. The van der Waals surface area contributed by atoms with Crippen LogP contribution in [0.4, 0.5) is 0 Å². The predicted molar refractivity (Wildman–Crippen MR) is 100 cm³/mol. The van der Waals surface area contributed by atoms with Crippen LogP contribution in [0.3, 0.4) is 0 Å². The molecule has 1 aliphatic rings. The second kappa shape index (κ2) is 8.91. The number of rotatable bonds is 6. The lowest BCUT2D eigenvalue weighted by Crippen LogP contribution is -2.49. The zero-order chi connectivity index (χ0) is 13.7. The van der Waals surface area contributed by atoms with E-state index < -0.39 is 0 Å². The molecule has 18 heavy (non-hydrogen) atoms. The molecule has 6 atom stereocenters. The van der Waals surface area contributed by atoms with Crippen molar-refractivity contribution in [2.24, 2.45) is 35.5 Å². The van der Waals surface area contributed by atoms with Crippen molar-refractivity contribution in [1.29, 1.82) is 0 Å². The molecule has 0 aromatic rings. The van der Waals surface area contributed by atoms with Crippen molar-refractivity contribution in [3.8, 4) is 0 Å². The van der Waals surface area contributed by atoms with Gasteiger partial charge in [-0.15, -0.1) is 0 Å². The van der Waals surface area contributed by atoms with Crippen molar-refractivity contribution in [1.82, 2.24) is 0 Å². The van der Waals surface area contributed by atoms with Gasteiger partial charge in [-0.25, -0.2) is 0 Å². The van der Waals surface area contributed by atoms with Crippen molar-refractivity contribution >= 4 is 63.1 Å². The molecule has 0 amide bonds. The minimum Gasteiger partial charge on any atom is -0.179 e. The van der Waals surface area contributed by atoms with Crippen LogP contribution in [-0.4, -0.2) is 28.8 Å². The smallest absolute Gasteiger partial charge is 0.00634 e. The Morgan fingerprint density at radius 2 is 0.722 bits per heavy atom. The van der Waals surface area contributed by atoms with Crippen molar-refractivity contribution in [2.75, 3.05) is 28.8 Å². The molecule has 108 valence electrons. The van der Waals surface area contributed by atoms with Crippen LogP contribution in [0, 0.1) is 35.5 Å². The molecule has 5 unspecified atom stereocenters. The zero-order valence-corrected chi connectivity index (χ0v) is 15.4. The Kier molecular flexibility index (Phi) is 8.81. The van der Waals surface area contributed by atoms with E-state index >= 15 is 0 Å². The number of hydrogen-bond acceptors (Lipinski definition) is 5. The summed E-state index contributed by atoms with van der Waals surface area (Å²) in [4.78, 5) is 0. The summed E-state index contributed by atoms with van der Waals surface area (Å²) < 4.78 is 0. The third-order valence-corrected chi connectivity index (χ3v) is 6.93. The fourth-order valence-electron chi connectivity index (χ4n) is 3.86. The maximum atomic E-state index is 4.60. The predicted octanol–water partition coefficient (Wildman–Crippen LogP) is 3.76. The van der Waals surface area contributed by atoms with Gasteiger partial charge >= 0.3 is 0 Å². The van der Waals surface area contributed by atoms with Crippen molar-refractivity contribution in [3.63, 3.8) is 0 Å². The van der Waals surface area contributed by atoms with Crippen LogP contribution in [0.15, 0.2) is 0 Å². The van der Waals surface area contributed by atoms with Crippen LogP contribution >= 0.6 is 63.1 Å². The summed E-state index contributed by atoms with van der Waals surface area (Å²) in [5.74, 6) is 8.61. The lowest BCUT2D eigenvalue weighted by Gasteiger charge is -2.51. The van der Waals surface area contributed by atoms with E-state index in [1.165, 1.54) is 6.42 Å². The summed E-state index contributed by atoms with van der Waals surface area (Å²) in [6.45, 7) is 2.30. The fraction of sp³-hybridized carbons (Fsp3) is 1.00. The average molecular weight is 343 g/mol. The molecule has 1 aliphatic carbocycles. The van der Waals surface area contributed by atoms with E-state index in [0.717, 1.165) is 28.8 Å². The average Bonchev–Trinajstić information content (AvgIpc) is 2.43. The van der Waals surface area contributed by atoms with E-state index in [2.05, 4.69) is 70.1 Å². The Morgan fingerprint density at radius 1 is 0.500 bits per heavy atom.